The van der Waals surface area contributed by atoms with Gasteiger partial charge in [-0.2, -0.15) is 17.5 Å². The van der Waals surface area contributed by atoms with Crippen molar-refractivity contribution in [3.8, 4) is 0 Å². The summed E-state index contributed by atoms with van der Waals surface area (Å²) in [5.41, 5.74) is 0.797. The van der Waals surface area contributed by atoms with Crippen molar-refractivity contribution in [2.24, 2.45) is 0 Å². The van der Waals surface area contributed by atoms with Crippen molar-refractivity contribution in [1.82, 2.24) is 9.62 Å². The summed E-state index contributed by atoms with van der Waals surface area (Å²) in [6.45, 7) is 6.03. The van der Waals surface area contributed by atoms with Crippen LogP contribution in [-0.4, -0.2) is 38.3 Å². The van der Waals surface area contributed by atoms with Gasteiger partial charge < -0.3 is 5.32 Å². The first kappa shape index (κ1) is 23.9. The minimum absolute atomic E-state index is 0.0460. The molecule has 0 unspecified atom stereocenters. The molecule has 164 valence electrons. The first-order chi connectivity index (χ1) is 14.0. The fourth-order valence-corrected chi connectivity index (χ4v) is 4.48. The first-order valence-electron chi connectivity index (χ1n) is 9.55. The van der Waals surface area contributed by atoms with Gasteiger partial charge in [0.2, 0.25) is 10.0 Å². The van der Waals surface area contributed by atoms with E-state index in [0.717, 1.165) is 12.1 Å². The highest BCUT2D eigenvalue weighted by Crippen LogP contribution is 2.29. The van der Waals surface area contributed by atoms with E-state index in [1.54, 1.807) is 26.8 Å². The average Bonchev–Trinajstić information content (AvgIpc) is 2.68. The van der Waals surface area contributed by atoms with E-state index in [9.17, 15) is 26.4 Å². The molecule has 9 heteroatoms. The highest BCUT2D eigenvalue weighted by Gasteiger charge is 2.30. The minimum atomic E-state index is -4.39. The smallest absolute Gasteiger partial charge is 0.352 e. The van der Waals surface area contributed by atoms with Crippen LogP contribution in [-0.2, 0) is 22.6 Å². The SMILES string of the molecule is CCN(CC)S(=O)(=O)c1ccc(C)c(C(=O)NCCc2ccc(C(F)(F)F)cc2)c1. The van der Waals surface area contributed by atoms with Crippen LogP contribution >= 0.6 is 0 Å². The van der Waals surface area contributed by atoms with Crippen LogP contribution in [0.1, 0.15) is 40.9 Å². The van der Waals surface area contributed by atoms with Gasteiger partial charge >= 0.3 is 6.18 Å². The van der Waals surface area contributed by atoms with Crippen molar-refractivity contribution >= 4 is 15.9 Å². The number of aryl methyl sites for hydroxylation is 1. The van der Waals surface area contributed by atoms with Gasteiger partial charge in [-0.05, 0) is 48.7 Å². The molecule has 2 aromatic rings. The predicted molar refractivity (Wildman–Crippen MR) is 109 cm³/mol. The maximum atomic E-state index is 12.7. The van der Waals surface area contributed by atoms with Crippen molar-refractivity contribution in [3.05, 3.63) is 64.7 Å². The van der Waals surface area contributed by atoms with Gasteiger partial charge in [-0.1, -0.05) is 32.0 Å². The second-order valence-electron chi connectivity index (χ2n) is 6.77. The summed E-state index contributed by atoms with van der Waals surface area (Å²) >= 11 is 0. The largest absolute Gasteiger partial charge is 0.416 e. The van der Waals surface area contributed by atoms with E-state index in [0.29, 0.717) is 30.6 Å². The van der Waals surface area contributed by atoms with E-state index in [1.165, 1.54) is 28.6 Å². The number of rotatable bonds is 8. The maximum absolute atomic E-state index is 12.7. The fraction of sp³-hybridized carbons (Fsp3) is 0.381. The quantitative estimate of drug-likeness (QED) is 0.672. The molecule has 0 aliphatic heterocycles. The van der Waals surface area contributed by atoms with Crippen molar-refractivity contribution in [1.29, 1.82) is 0 Å². The second kappa shape index (κ2) is 9.61. The summed E-state index contributed by atoms with van der Waals surface area (Å²) in [6.07, 6.45) is -4.04. The minimum Gasteiger partial charge on any atom is -0.352 e. The molecule has 0 fully saturated rings. The molecule has 0 aliphatic rings. The number of alkyl halides is 3. The molecule has 2 rings (SSSR count). The lowest BCUT2D eigenvalue weighted by Crippen LogP contribution is -2.31. The summed E-state index contributed by atoms with van der Waals surface area (Å²) < 4.78 is 64.5. The van der Waals surface area contributed by atoms with Crippen molar-refractivity contribution in [3.63, 3.8) is 0 Å². The molecule has 0 spiro atoms. The molecule has 1 N–H and O–H groups in total. The summed E-state index contributed by atoms with van der Waals surface area (Å²) in [6, 6.07) is 9.17. The predicted octanol–water partition coefficient (Wildman–Crippen LogP) is 4.02. The van der Waals surface area contributed by atoms with Crippen LogP contribution in [0.3, 0.4) is 0 Å². The Balaban J connectivity index is 2.08. The molecular weight excluding hydrogens is 417 g/mol. The van der Waals surface area contributed by atoms with Gasteiger partial charge in [0, 0.05) is 25.2 Å². The molecule has 0 heterocycles. The van der Waals surface area contributed by atoms with Gasteiger partial charge in [0.15, 0.2) is 0 Å². The number of nitrogens with one attached hydrogen (secondary N) is 1. The lowest BCUT2D eigenvalue weighted by Gasteiger charge is -2.19. The Kier molecular flexibility index (Phi) is 7.65. The van der Waals surface area contributed by atoms with Crippen LogP contribution in [0.25, 0.3) is 0 Å². The fourth-order valence-electron chi connectivity index (χ4n) is 2.99. The van der Waals surface area contributed by atoms with E-state index in [-0.39, 0.29) is 17.0 Å². The average molecular weight is 443 g/mol. The lowest BCUT2D eigenvalue weighted by atomic mass is 10.1. The van der Waals surface area contributed by atoms with Gasteiger partial charge in [0.05, 0.1) is 10.5 Å². The van der Waals surface area contributed by atoms with E-state index >= 15 is 0 Å². The zero-order valence-electron chi connectivity index (χ0n) is 17.1. The molecule has 2 aromatic carbocycles. The van der Waals surface area contributed by atoms with Crippen LogP contribution in [0, 0.1) is 6.92 Å². The number of carbonyl (C=O) groups excluding carboxylic acids is 1. The van der Waals surface area contributed by atoms with E-state index in [2.05, 4.69) is 5.32 Å². The molecule has 0 aromatic heterocycles. The summed E-state index contributed by atoms with van der Waals surface area (Å²) in [4.78, 5) is 12.6. The first-order valence-corrected chi connectivity index (χ1v) is 11.0. The van der Waals surface area contributed by atoms with E-state index < -0.39 is 27.7 Å². The molecule has 30 heavy (non-hydrogen) atoms. The van der Waals surface area contributed by atoms with E-state index in [1.807, 2.05) is 0 Å². The van der Waals surface area contributed by atoms with Crippen LogP contribution in [0.5, 0.6) is 0 Å². The topological polar surface area (TPSA) is 66.5 Å². The van der Waals surface area contributed by atoms with Crippen LogP contribution < -0.4 is 5.32 Å². The summed E-state index contributed by atoms with van der Waals surface area (Å²) in [7, 11) is -3.69. The molecule has 0 saturated heterocycles. The third kappa shape index (κ3) is 5.60. The standard InChI is InChI=1S/C21H25F3N2O3S/c1-4-26(5-2)30(28,29)18-11-6-15(3)19(14-18)20(27)25-13-12-16-7-9-17(10-8-16)21(22,23)24/h6-11,14H,4-5,12-13H2,1-3H3,(H,25,27). The number of carbonyl (C=O) groups is 1. The van der Waals surface area contributed by atoms with E-state index in [4.69, 9.17) is 0 Å². The number of sulfonamides is 1. The molecule has 1 amide bonds. The van der Waals surface area contributed by atoms with Crippen LogP contribution in [0.2, 0.25) is 0 Å². The molecule has 0 aliphatic carbocycles. The van der Waals surface area contributed by atoms with Crippen molar-refractivity contribution < 1.29 is 26.4 Å². The van der Waals surface area contributed by atoms with Gasteiger partial charge in [-0.25, -0.2) is 8.42 Å². The highest BCUT2D eigenvalue weighted by molar-refractivity contribution is 7.89. The Labute approximate surface area is 175 Å². The number of benzene rings is 2. The Morgan fingerprint density at radius 3 is 2.17 bits per heavy atom. The maximum Gasteiger partial charge on any atom is 0.416 e. The number of hydrogen-bond acceptors (Lipinski definition) is 3. The van der Waals surface area contributed by atoms with Crippen LogP contribution in [0.15, 0.2) is 47.4 Å². The van der Waals surface area contributed by atoms with Crippen molar-refractivity contribution in [2.75, 3.05) is 19.6 Å². The highest BCUT2D eigenvalue weighted by atomic mass is 32.2. The van der Waals surface area contributed by atoms with Crippen LogP contribution in [0.4, 0.5) is 13.2 Å². The van der Waals surface area contributed by atoms with Crippen molar-refractivity contribution in [2.45, 2.75) is 38.3 Å². The molecule has 0 radical (unpaired) electrons. The molecule has 5 nitrogen and oxygen atoms in total. The monoisotopic (exact) mass is 442 g/mol. The molecule has 0 saturated carbocycles. The molecular formula is C21H25F3N2O3S. The number of nitrogens with zero attached hydrogens (tertiary/aromatic N) is 1. The summed E-state index contributed by atoms with van der Waals surface area (Å²) in [5.74, 6) is -0.434. The van der Waals surface area contributed by atoms with Gasteiger partial charge in [-0.15, -0.1) is 0 Å². The molecule has 0 bridgehead atoms. The second-order valence-corrected chi connectivity index (χ2v) is 8.70. The normalized spacial score (nSPS) is 12.2. The number of amides is 1. The Morgan fingerprint density at radius 2 is 1.63 bits per heavy atom. The lowest BCUT2D eigenvalue weighted by molar-refractivity contribution is -0.137. The van der Waals surface area contributed by atoms with Gasteiger partial charge in [-0.3, -0.25) is 4.79 Å². The third-order valence-corrected chi connectivity index (χ3v) is 6.82. The van der Waals surface area contributed by atoms with Gasteiger partial charge in [0.25, 0.3) is 5.91 Å². The third-order valence-electron chi connectivity index (χ3n) is 4.78. The zero-order chi connectivity index (χ0) is 22.5. The Bertz CT molecular complexity index is 984. The molecule has 0 atom stereocenters. The number of halogens is 3. The zero-order valence-corrected chi connectivity index (χ0v) is 17.9. The Morgan fingerprint density at radius 1 is 1.03 bits per heavy atom. The summed E-state index contributed by atoms with van der Waals surface area (Å²) in [5, 5.41) is 2.70. The Hall–Kier alpha value is -2.39. The van der Waals surface area contributed by atoms with Gasteiger partial charge in [0.1, 0.15) is 0 Å². The number of hydrogen-bond donors (Lipinski definition) is 1.